The SMILES string of the molecule is Brc1ccc(C2=NNC(=Nc3ccccc3)[Se]C2)cc1. The van der Waals surface area contributed by atoms with Crippen molar-refractivity contribution in [2.24, 2.45) is 10.1 Å². The summed E-state index contributed by atoms with van der Waals surface area (Å²) in [6.07, 6.45) is 0. The van der Waals surface area contributed by atoms with Gasteiger partial charge in [-0.3, -0.25) is 0 Å². The van der Waals surface area contributed by atoms with Crippen LogP contribution in [-0.4, -0.2) is 25.4 Å². The summed E-state index contributed by atoms with van der Waals surface area (Å²) in [4.78, 5) is 4.58. The summed E-state index contributed by atoms with van der Waals surface area (Å²) in [5, 5.41) is 5.41. The number of hydrogen-bond acceptors (Lipinski definition) is 2. The molecule has 0 radical (unpaired) electrons. The summed E-state index contributed by atoms with van der Waals surface area (Å²) in [7, 11) is 0. The van der Waals surface area contributed by atoms with Crippen molar-refractivity contribution >= 4 is 47.0 Å². The van der Waals surface area contributed by atoms with Gasteiger partial charge in [0.05, 0.1) is 0 Å². The average Bonchev–Trinajstić information content (AvgIpc) is 2.50. The molecule has 0 amide bonds. The van der Waals surface area contributed by atoms with Crippen molar-refractivity contribution in [3.8, 4) is 0 Å². The quantitative estimate of drug-likeness (QED) is 0.779. The third-order valence-electron chi connectivity index (χ3n) is 2.80. The molecule has 5 heteroatoms. The summed E-state index contributed by atoms with van der Waals surface area (Å²) in [5.74, 6) is 0. The molecule has 0 fully saturated rings. The minimum atomic E-state index is 0.292. The molecule has 1 heterocycles. The molecule has 2 aromatic carbocycles. The minimum absolute atomic E-state index is 0.292. The Morgan fingerprint density at radius 1 is 1.05 bits per heavy atom. The van der Waals surface area contributed by atoms with E-state index in [1.165, 1.54) is 5.56 Å². The molecule has 100 valence electrons. The number of hydrogen-bond donors (Lipinski definition) is 1. The van der Waals surface area contributed by atoms with E-state index in [4.69, 9.17) is 0 Å². The molecule has 0 aliphatic carbocycles. The van der Waals surface area contributed by atoms with Gasteiger partial charge in [-0.2, -0.15) is 0 Å². The van der Waals surface area contributed by atoms with Gasteiger partial charge in [0.1, 0.15) is 0 Å². The van der Waals surface area contributed by atoms with Crippen molar-refractivity contribution in [1.29, 1.82) is 0 Å². The van der Waals surface area contributed by atoms with Crippen LogP contribution in [0.5, 0.6) is 0 Å². The molecule has 0 unspecified atom stereocenters. The van der Waals surface area contributed by atoms with Gasteiger partial charge in [0, 0.05) is 0 Å². The van der Waals surface area contributed by atoms with Crippen LogP contribution in [0.15, 0.2) is 69.2 Å². The Kier molecular flexibility index (Phi) is 4.31. The van der Waals surface area contributed by atoms with E-state index < -0.39 is 0 Å². The Morgan fingerprint density at radius 3 is 2.45 bits per heavy atom. The maximum atomic E-state index is 4.58. The number of nitrogens with one attached hydrogen (secondary N) is 1. The molecule has 0 saturated heterocycles. The van der Waals surface area contributed by atoms with Crippen LogP contribution in [0.3, 0.4) is 0 Å². The molecule has 1 aliphatic rings. The van der Waals surface area contributed by atoms with E-state index in [-0.39, 0.29) is 0 Å². The second-order valence-electron chi connectivity index (χ2n) is 4.22. The zero-order valence-electron chi connectivity index (χ0n) is 10.6. The monoisotopic (exact) mass is 393 g/mol. The van der Waals surface area contributed by atoms with Gasteiger partial charge >= 0.3 is 132 Å². The second-order valence-corrected chi connectivity index (χ2v) is 7.16. The van der Waals surface area contributed by atoms with Gasteiger partial charge in [-0.05, 0) is 0 Å². The topological polar surface area (TPSA) is 36.8 Å². The van der Waals surface area contributed by atoms with E-state index in [1.807, 2.05) is 42.5 Å². The number of aliphatic imine (C=N–C) groups is 1. The average molecular weight is 393 g/mol. The Bertz CT molecular complexity index is 651. The normalized spacial score (nSPS) is 16.6. The molecule has 0 spiro atoms. The first-order valence-corrected chi connectivity index (χ1v) is 9.02. The predicted octanol–water partition coefficient (Wildman–Crippen LogP) is 3.57. The second kappa shape index (κ2) is 6.35. The molecule has 1 aliphatic heterocycles. The van der Waals surface area contributed by atoms with E-state index in [9.17, 15) is 0 Å². The van der Waals surface area contributed by atoms with Crippen molar-refractivity contribution in [3.05, 3.63) is 64.6 Å². The molecule has 2 aromatic rings. The zero-order valence-corrected chi connectivity index (χ0v) is 13.9. The molecule has 0 bridgehead atoms. The van der Waals surface area contributed by atoms with Crippen LogP contribution in [0.1, 0.15) is 5.56 Å². The Hall–Kier alpha value is -1.42. The Balaban J connectivity index is 1.75. The van der Waals surface area contributed by atoms with Gasteiger partial charge in [0.2, 0.25) is 0 Å². The first-order chi connectivity index (χ1) is 9.81. The van der Waals surface area contributed by atoms with Crippen LogP contribution in [0.4, 0.5) is 5.69 Å². The molecule has 1 N–H and O–H groups in total. The number of amidine groups is 1. The van der Waals surface area contributed by atoms with E-state index in [0.717, 1.165) is 25.9 Å². The van der Waals surface area contributed by atoms with Crippen LogP contribution < -0.4 is 5.43 Å². The van der Waals surface area contributed by atoms with E-state index >= 15 is 0 Å². The van der Waals surface area contributed by atoms with Crippen molar-refractivity contribution in [3.63, 3.8) is 0 Å². The van der Waals surface area contributed by atoms with Crippen LogP contribution in [0, 0.1) is 0 Å². The standard InChI is InChI=1S/C15H12BrN3Se/c16-12-8-6-11(7-9-12)14-10-20-15(19-18-14)17-13-4-2-1-3-5-13/h1-9H,10H2,(H,17,19). The summed E-state index contributed by atoms with van der Waals surface area (Å²) >= 11 is 3.74. The number of halogens is 1. The fourth-order valence-electron chi connectivity index (χ4n) is 1.78. The van der Waals surface area contributed by atoms with Gasteiger partial charge in [-0.1, -0.05) is 0 Å². The summed E-state index contributed by atoms with van der Waals surface area (Å²) < 4.78 is 2.06. The van der Waals surface area contributed by atoms with Gasteiger partial charge in [0.15, 0.2) is 0 Å². The summed E-state index contributed by atoms with van der Waals surface area (Å²) in [6.45, 7) is 0. The molecule has 3 nitrogen and oxygen atoms in total. The van der Waals surface area contributed by atoms with Crippen LogP contribution in [0.2, 0.25) is 5.32 Å². The van der Waals surface area contributed by atoms with Gasteiger partial charge < -0.3 is 0 Å². The zero-order chi connectivity index (χ0) is 13.8. The number of hydrazone groups is 1. The molecule has 20 heavy (non-hydrogen) atoms. The third-order valence-corrected chi connectivity index (χ3v) is 5.16. The Morgan fingerprint density at radius 2 is 1.80 bits per heavy atom. The number of para-hydroxylation sites is 1. The molecule has 0 atom stereocenters. The number of rotatable bonds is 2. The maximum absolute atomic E-state index is 4.58. The first-order valence-electron chi connectivity index (χ1n) is 6.16. The first kappa shape index (κ1) is 13.6. The van der Waals surface area contributed by atoms with Gasteiger partial charge in [-0.25, -0.2) is 0 Å². The fourth-order valence-corrected chi connectivity index (χ4v) is 3.69. The number of nitrogens with zero attached hydrogens (tertiary/aromatic N) is 2. The molecule has 0 aromatic heterocycles. The predicted molar refractivity (Wildman–Crippen MR) is 87.9 cm³/mol. The van der Waals surface area contributed by atoms with Crippen molar-refractivity contribution < 1.29 is 0 Å². The van der Waals surface area contributed by atoms with Crippen LogP contribution >= 0.6 is 15.9 Å². The Labute approximate surface area is 132 Å². The number of benzene rings is 2. The van der Waals surface area contributed by atoms with Crippen molar-refractivity contribution in [1.82, 2.24) is 5.43 Å². The molecular weight excluding hydrogens is 381 g/mol. The van der Waals surface area contributed by atoms with Gasteiger partial charge in [-0.15, -0.1) is 0 Å². The van der Waals surface area contributed by atoms with Crippen molar-refractivity contribution in [2.75, 3.05) is 0 Å². The molecule has 3 rings (SSSR count). The van der Waals surface area contributed by atoms with Gasteiger partial charge in [0.25, 0.3) is 0 Å². The fraction of sp³-hybridized carbons (Fsp3) is 0.0667. The van der Waals surface area contributed by atoms with Crippen molar-refractivity contribution in [2.45, 2.75) is 5.32 Å². The summed E-state index contributed by atoms with van der Waals surface area (Å²) in [5.41, 5.74) is 6.33. The van der Waals surface area contributed by atoms with E-state index in [0.29, 0.717) is 15.0 Å². The molecule has 0 saturated carbocycles. The summed E-state index contributed by atoms with van der Waals surface area (Å²) in [6, 6.07) is 18.2. The van der Waals surface area contributed by atoms with E-state index in [2.05, 4.69) is 43.6 Å². The third kappa shape index (κ3) is 3.37. The van der Waals surface area contributed by atoms with Crippen LogP contribution in [-0.2, 0) is 0 Å². The van der Waals surface area contributed by atoms with Crippen LogP contribution in [0.25, 0.3) is 0 Å². The molecular formula is C15H12BrN3Se. The van der Waals surface area contributed by atoms with E-state index in [1.54, 1.807) is 0 Å².